The van der Waals surface area contributed by atoms with Gasteiger partial charge in [0.1, 0.15) is 11.4 Å². The Morgan fingerprint density at radius 2 is 1.92 bits per heavy atom. The summed E-state index contributed by atoms with van der Waals surface area (Å²) in [6.45, 7) is 3.69. The third-order valence-corrected chi connectivity index (χ3v) is 6.93. The summed E-state index contributed by atoms with van der Waals surface area (Å²) in [5.41, 5.74) is 2.90. The number of anilines is 1. The first-order chi connectivity index (χ1) is 17.4. The Kier molecular flexibility index (Phi) is 6.73. The van der Waals surface area contributed by atoms with E-state index in [1.807, 2.05) is 12.1 Å². The molecule has 8 nitrogen and oxygen atoms in total. The molecule has 1 unspecified atom stereocenters. The molecule has 1 aliphatic carbocycles. The van der Waals surface area contributed by atoms with Crippen LogP contribution in [0, 0.1) is 5.82 Å². The maximum atomic E-state index is 13.5. The fraction of sp³-hybridized carbons (Fsp3) is 0.370. The van der Waals surface area contributed by atoms with E-state index in [0.717, 1.165) is 56.6 Å². The first-order valence-electron chi connectivity index (χ1n) is 12.3. The zero-order valence-corrected chi connectivity index (χ0v) is 20.0. The summed E-state index contributed by atoms with van der Waals surface area (Å²) in [5.74, 6) is -1.13. The lowest BCUT2D eigenvalue weighted by Crippen LogP contribution is -2.45. The molecule has 2 aromatic carbocycles. The maximum absolute atomic E-state index is 13.5. The number of piperidine rings is 1. The molecule has 0 saturated carbocycles. The minimum Gasteiger partial charge on any atom is -0.451 e. The van der Waals surface area contributed by atoms with Crippen LogP contribution in [0.25, 0.3) is 11.0 Å². The van der Waals surface area contributed by atoms with Crippen LogP contribution in [0.15, 0.2) is 51.7 Å². The van der Waals surface area contributed by atoms with Crippen molar-refractivity contribution in [1.82, 2.24) is 10.2 Å². The van der Waals surface area contributed by atoms with E-state index in [1.165, 1.54) is 23.3 Å². The third kappa shape index (κ3) is 4.97. The molecule has 0 spiro atoms. The second kappa shape index (κ2) is 10.1. The molecule has 2 heterocycles. The monoisotopic (exact) mass is 493 g/mol. The Morgan fingerprint density at radius 3 is 2.69 bits per heavy atom. The zero-order chi connectivity index (χ0) is 25.2. The van der Waals surface area contributed by atoms with Crippen LogP contribution < -0.4 is 16.1 Å². The number of amides is 2. The maximum Gasteiger partial charge on any atom is 0.411 e. The minimum atomic E-state index is -0.534. The van der Waals surface area contributed by atoms with Gasteiger partial charge in [0.15, 0.2) is 11.2 Å². The fourth-order valence-corrected chi connectivity index (χ4v) is 5.18. The topological polar surface area (TPSA) is 101 Å². The fourth-order valence-electron chi connectivity index (χ4n) is 5.18. The number of carbonyl (C=O) groups excluding carboxylic acids is 2. The van der Waals surface area contributed by atoms with Crippen LogP contribution in [0.3, 0.4) is 0 Å². The van der Waals surface area contributed by atoms with Crippen molar-refractivity contribution in [2.45, 2.75) is 44.7 Å². The van der Waals surface area contributed by atoms with E-state index in [0.29, 0.717) is 6.61 Å². The average molecular weight is 494 g/mol. The Bertz CT molecular complexity index is 1360. The first-order valence-corrected chi connectivity index (χ1v) is 12.3. The average Bonchev–Trinajstić information content (AvgIpc) is 3.27. The molecule has 1 aromatic heterocycles. The van der Waals surface area contributed by atoms with Gasteiger partial charge in [-0.1, -0.05) is 6.07 Å². The zero-order valence-electron chi connectivity index (χ0n) is 20.0. The minimum absolute atomic E-state index is 0.0548. The molecule has 0 radical (unpaired) electrons. The second-order valence-corrected chi connectivity index (χ2v) is 9.21. The number of nitrogens with one attached hydrogen (secondary N) is 2. The predicted molar refractivity (Wildman–Crippen MR) is 133 cm³/mol. The SMILES string of the molecule is CCOC(=O)Nc1ccc2c(c1)C(N1CCC(NC(=O)c3cc(=O)c4ccc(F)cc4o3)CC1)CC2. The summed E-state index contributed by atoms with van der Waals surface area (Å²) in [7, 11) is 0. The number of carbonyl (C=O) groups is 2. The highest BCUT2D eigenvalue weighted by Gasteiger charge is 2.32. The number of benzene rings is 2. The molecule has 3 aromatic rings. The third-order valence-electron chi connectivity index (χ3n) is 6.93. The molecule has 2 amide bonds. The standard InChI is InChI=1S/C27H28FN3O5/c1-2-35-27(34)30-19-6-3-16-4-8-22(21(16)14-19)31-11-9-18(10-12-31)29-26(33)25-15-23(32)20-7-5-17(28)13-24(20)36-25/h3,5-7,13-15,18,22H,2,4,8-12H2,1H3,(H,29,33)(H,30,34). The molecule has 5 rings (SSSR count). The van der Waals surface area contributed by atoms with Crippen molar-refractivity contribution >= 4 is 28.7 Å². The summed E-state index contributed by atoms with van der Waals surface area (Å²) in [4.78, 5) is 39.3. The van der Waals surface area contributed by atoms with Gasteiger partial charge in [0.25, 0.3) is 5.91 Å². The van der Waals surface area contributed by atoms with E-state index < -0.39 is 17.8 Å². The normalized spacial score (nSPS) is 18.1. The number of ether oxygens (including phenoxy) is 1. The van der Waals surface area contributed by atoms with E-state index in [9.17, 15) is 18.8 Å². The van der Waals surface area contributed by atoms with E-state index in [2.05, 4.69) is 21.6 Å². The lowest BCUT2D eigenvalue weighted by Gasteiger charge is -2.36. The molecular weight excluding hydrogens is 465 g/mol. The van der Waals surface area contributed by atoms with Gasteiger partial charge in [-0.15, -0.1) is 0 Å². The molecule has 36 heavy (non-hydrogen) atoms. The molecule has 2 aliphatic rings. The van der Waals surface area contributed by atoms with Gasteiger partial charge in [0.2, 0.25) is 0 Å². The molecule has 1 atom stereocenters. The Morgan fingerprint density at radius 1 is 1.11 bits per heavy atom. The van der Waals surface area contributed by atoms with Gasteiger partial charge in [-0.2, -0.15) is 0 Å². The van der Waals surface area contributed by atoms with E-state index in [4.69, 9.17) is 9.15 Å². The number of fused-ring (bicyclic) bond motifs is 2. The van der Waals surface area contributed by atoms with E-state index >= 15 is 0 Å². The van der Waals surface area contributed by atoms with Crippen molar-refractivity contribution in [1.29, 1.82) is 0 Å². The van der Waals surface area contributed by atoms with E-state index in [1.54, 1.807) is 6.92 Å². The van der Waals surface area contributed by atoms with Crippen molar-refractivity contribution in [2.24, 2.45) is 0 Å². The number of nitrogens with zero attached hydrogens (tertiary/aromatic N) is 1. The molecule has 188 valence electrons. The highest BCUT2D eigenvalue weighted by molar-refractivity contribution is 5.93. The van der Waals surface area contributed by atoms with Crippen molar-refractivity contribution < 1.29 is 23.1 Å². The summed E-state index contributed by atoms with van der Waals surface area (Å²) in [6, 6.07) is 11.0. The van der Waals surface area contributed by atoms with Gasteiger partial charge in [-0.05, 0) is 68.0 Å². The van der Waals surface area contributed by atoms with E-state index in [-0.39, 0.29) is 34.2 Å². The van der Waals surface area contributed by atoms with Gasteiger partial charge in [-0.3, -0.25) is 19.8 Å². The lowest BCUT2D eigenvalue weighted by atomic mass is 9.99. The predicted octanol–water partition coefficient (Wildman–Crippen LogP) is 4.38. The Hall–Kier alpha value is -3.72. The number of rotatable bonds is 5. The molecule has 1 aliphatic heterocycles. The second-order valence-electron chi connectivity index (χ2n) is 9.21. The molecule has 0 bridgehead atoms. The molecule has 1 fully saturated rings. The summed E-state index contributed by atoms with van der Waals surface area (Å²) in [5, 5.41) is 5.98. The van der Waals surface area contributed by atoms with Crippen LogP contribution >= 0.6 is 0 Å². The number of aryl methyl sites for hydroxylation is 1. The van der Waals surface area contributed by atoms with Gasteiger partial charge in [0, 0.05) is 43.0 Å². The smallest absolute Gasteiger partial charge is 0.411 e. The van der Waals surface area contributed by atoms with Gasteiger partial charge in [-0.25, -0.2) is 9.18 Å². The number of likely N-dealkylation sites (tertiary alicyclic amines) is 1. The van der Waals surface area contributed by atoms with Gasteiger partial charge < -0.3 is 14.5 Å². The van der Waals surface area contributed by atoms with Gasteiger partial charge in [0.05, 0.1) is 12.0 Å². The summed E-state index contributed by atoms with van der Waals surface area (Å²) < 4.78 is 24.1. The summed E-state index contributed by atoms with van der Waals surface area (Å²) in [6.07, 6.45) is 3.04. The van der Waals surface area contributed by atoms with Crippen LogP contribution in [0.5, 0.6) is 0 Å². The van der Waals surface area contributed by atoms with Crippen LogP contribution in [0.2, 0.25) is 0 Å². The Balaban J connectivity index is 1.21. The van der Waals surface area contributed by atoms with Crippen LogP contribution in [0.4, 0.5) is 14.9 Å². The number of halogens is 1. The Labute approximate surface area is 207 Å². The first kappa shape index (κ1) is 24.0. The quantitative estimate of drug-likeness (QED) is 0.547. The van der Waals surface area contributed by atoms with Crippen LogP contribution in [-0.2, 0) is 11.2 Å². The number of hydrogen-bond donors (Lipinski definition) is 2. The van der Waals surface area contributed by atoms with Crippen molar-refractivity contribution in [3.8, 4) is 0 Å². The van der Waals surface area contributed by atoms with Crippen LogP contribution in [-0.4, -0.2) is 42.6 Å². The van der Waals surface area contributed by atoms with Crippen molar-refractivity contribution in [3.05, 3.63) is 75.4 Å². The summed E-state index contributed by atoms with van der Waals surface area (Å²) >= 11 is 0. The van der Waals surface area contributed by atoms with Crippen LogP contribution in [0.1, 0.15) is 53.9 Å². The largest absolute Gasteiger partial charge is 0.451 e. The molecule has 2 N–H and O–H groups in total. The number of hydrogen-bond acceptors (Lipinski definition) is 6. The lowest BCUT2D eigenvalue weighted by molar-refractivity contribution is 0.0864. The van der Waals surface area contributed by atoms with Gasteiger partial charge >= 0.3 is 6.09 Å². The molecule has 9 heteroatoms. The molecular formula is C27H28FN3O5. The molecule has 1 saturated heterocycles. The van der Waals surface area contributed by atoms with Crippen molar-refractivity contribution in [3.63, 3.8) is 0 Å². The highest BCUT2D eigenvalue weighted by Crippen LogP contribution is 2.38. The highest BCUT2D eigenvalue weighted by atomic mass is 19.1. The van der Waals surface area contributed by atoms with Crippen molar-refractivity contribution in [2.75, 3.05) is 25.0 Å².